The van der Waals surface area contributed by atoms with Gasteiger partial charge in [0.1, 0.15) is 16.9 Å². The van der Waals surface area contributed by atoms with Gasteiger partial charge in [0.25, 0.3) is 5.79 Å². The zero-order valence-electron chi connectivity index (χ0n) is 17.2. The number of fused-ring (bicyclic) bond motifs is 3. The normalized spacial score (nSPS) is 27.1. The van der Waals surface area contributed by atoms with E-state index < -0.39 is 11.2 Å². The minimum Gasteiger partial charge on any atom is -0.447 e. The van der Waals surface area contributed by atoms with Crippen LogP contribution in [0.2, 0.25) is 0 Å². The number of rotatable bonds is 3. The maximum absolute atomic E-state index is 6.79. The van der Waals surface area contributed by atoms with Crippen LogP contribution in [-0.2, 0) is 15.9 Å². The van der Waals surface area contributed by atoms with Crippen LogP contribution in [0.4, 0.5) is 0 Å². The van der Waals surface area contributed by atoms with Crippen LogP contribution >= 0.6 is 0 Å². The van der Waals surface area contributed by atoms with Gasteiger partial charge < -0.3 is 9.47 Å². The van der Waals surface area contributed by atoms with Gasteiger partial charge in [-0.3, -0.25) is 0 Å². The second-order valence-corrected chi connectivity index (χ2v) is 7.56. The highest BCUT2D eigenvalue weighted by atomic mass is 16.7. The van der Waals surface area contributed by atoms with Crippen LogP contribution in [0, 0.1) is 0 Å². The van der Waals surface area contributed by atoms with Crippen LogP contribution in [0.1, 0.15) is 30.5 Å². The van der Waals surface area contributed by atoms with E-state index in [-0.39, 0.29) is 0 Å². The second kappa shape index (κ2) is 7.07. The van der Waals surface area contributed by atoms with Crippen molar-refractivity contribution in [2.75, 3.05) is 0 Å². The summed E-state index contributed by atoms with van der Waals surface area (Å²) in [5.74, 6) is 0.677. The number of hydrogen-bond acceptors (Lipinski definition) is 2. The van der Waals surface area contributed by atoms with Crippen molar-refractivity contribution in [1.29, 1.82) is 0 Å². The first kappa shape index (κ1) is 18.5. The quantitative estimate of drug-likeness (QED) is 0.496. The molecule has 2 unspecified atom stereocenters. The lowest BCUT2D eigenvalue weighted by molar-refractivity contribution is -0.151. The smallest absolute Gasteiger partial charge is 0.296 e. The van der Waals surface area contributed by atoms with Gasteiger partial charge in [0.2, 0.25) is 0 Å². The predicted octanol–water partition coefficient (Wildman–Crippen LogP) is 6.65. The van der Waals surface area contributed by atoms with Crippen molar-refractivity contribution >= 4 is 0 Å². The van der Waals surface area contributed by atoms with E-state index in [0.29, 0.717) is 0 Å². The first-order chi connectivity index (χ1) is 14.8. The molecule has 5 rings (SSSR count). The number of ether oxygens (including phenoxy) is 2. The molecule has 1 saturated heterocycles. The van der Waals surface area contributed by atoms with E-state index >= 15 is 0 Å². The number of para-hydroxylation sites is 1. The predicted molar refractivity (Wildman–Crippen MR) is 120 cm³/mol. The first-order valence-electron chi connectivity index (χ1n) is 10.4. The van der Waals surface area contributed by atoms with Gasteiger partial charge in [0, 0.05) is 16.7 Å². The molecule has 2 heterocycles. The third kappa shape index (κ3) is 2.31. The molecule has 2 aliphatic heterocycles. The van der Waals surface area contributed by atoms with Crippen molar-refractivity contribution in [1.82, 2.24) is 0 Å². The zero-order valence-corrected chi connectivity index (χ0v) is 17.2. The molecule has 3 aromatic carbocycles. The number of benzene rings is 3. The van der Waals surface area contributed by atoms with E-state index in [2.05, 4.69) is 60.7 Å². The Morgan fingerprint density at radius 1 is 0.700 bits per heavy atom. The third-order valence-corrected chi connectivity index (χ3v) is 6.04. The fraction of sp³-hybridized carbons (Fsp3) is 0.143. The number of allylic oxidation sites excluding steroid dienone is 5. The summed E-state index contributed by atoms with van der Waals surface area (Å²) in [4.78, 5) is 0. The zero-order chi connectivity index (χ0) is 20.6. The van der Waals surface area contributed by atoms with Crippen molar-refractivity contribution < 1.29 is 9.47 Å². The molecule has 2 atom stereocenters. The van der Waals surface area contributed by atoms with E-state index in [0.717, 1.165) is 33.8 Å². The molecular weight excluding hydrogens is 368 g/mol. The van der Waals surface area contributed by atoms with E-state index in [1.54, 1.807) is 0 Å². The average Bonchev–Trinajstić information content (AvgIpc) is 3.26. The van der Waals surface area contributed by atoms with E-state index in [4.69, 9.17) is 9.47 Å². The summed E-state index contributed by atoms with van der Waals surface area (Å²) in [7, 11) is 0. The monoisotopic (exact) mass is 392 g/mol. The molecule has 0 aliphatic carbocycles. The van der Waals surface area contributed by atoms with Crippen LogP contribution < -0.4 is 4.74 Å². The molecule has 0 N–H and O–H groups in total. The minimum atomic E-state index is -1.02. The van der Waals surface area contributed by atoms with Gasteiger partial charge in [-0.05, 0) is 31.6 Å². The minimum absolute atomic E-state index is 0.631. The van der Waals surface area contributed by atoms with Crippen molar-refractivity contribution in [3.8, 4) is 5.75 Å². The maximum Gasteiger partial charge on any atom is 0.296 e. The van der Waals surface area contributed by atoms with Crippen molar-refractivity contribution in [3.63, 3.8) is 0 Å². The summed E-state index contributed by atoms with van der Waals surface area (Å²) >= 11 is 0. The van der Waals surface area contributed by atoms with Crippen LogP contribution in [-0.4, -0.2) is 0 Å². The third-order valence-electron chi connectivity index (χ3n) is 6.04. The van der Waals surface area contributed by atoms with E-state index in [9.17, 15) is 0 Å². The number of hydrogen-bond donors (Lipinski definition) is 0. The Bertz CT molecular complexity index is 1160. The van der Waals surface area contributed by atoms with Crippen LogP contribution in [0.25, 0.3) is 0 Å². The molecule has 2 aliphatic rings. The lowest BCUT2D eigenvalue weighted by Crippen LogP contribution is -2.47. The van der Waals surface area contributed by atoms with Crippen molar-refractivity contribution in [3.05, 3.63) is 137 Å². The highest BCUT2D eigenvalue weighted by Crippen LogP contribution is 2.67. The van der Waals surface area contributed by atoms with Crippen LogP contribution in [0.5, 0.6) is 5.75 Å². The fourth-order valence-electron chi connectivity index (χ4n) is 4.88. The van der Waals surface area contributed by atoms with Gasteiger partial charge >= 0.3 is 0 Å². The Balaban J connectivity index is 1.96. The van der Waals surface area contributed by atoms with Gasteiger partial charge in [-0.15, -0.1) is 0 Å². The molecule has 0 amide bonds. The van der Waals surface area contributed by atoms with Gasteiger partial charge in [0.05, 0.1) is 0 Å². The summed E-state index contributed by atoms with van der Waals surface area (Å²) in [6.45, 7) is 4.05. The maximum atomic E-state index is 6.79. The second-order valence-electron chi connectivity index (χ2n) is 7.56. The molecule has 2 heteroatoms. The molecule has 0 saturated carbocycles. The van der Waals surface area contributed by atoms with Crippen molar-refractivity contribution in [2.45, 2.75) is 25.0 Å². The molecular formula is C28H24O2. The summed E-state index contributed by atoms with van der Waals surface area (Å²) in [5, 5.41) is 0. The summed E-state index contributed by atoms with van der Waals surface area (Å²) < 4.78 is 13.6. The average molecular weight is 392 g/mol. The highest BCUT2D eigenvalue weighted by molar-refractivity contribution is 5.68. The molecule has 0 bridgehead atoms. The molecule has 30 heavy (non-hydrogen) atoms. The molecule has 148 valence electrons. The molecule has 3 aromatic rings. The Kier molecular flexibility index (Phi) is 4.36. The van der Waals surface area contributed by atoms with Gasteiger partial charge in [-0.25, -0.2) is 0 Å². The lowest BCUT2D eigenvalue weighted by Gasteiger charge is -2.38. The Hall–Kier alpha value is -3.52. The molecule has 0 radical (unpaired) electrons. The van der Waals surface area contributed by atoms with E-state index in [1.165, 1.54) is 0 Å². The van der Waals surface area contributed by atoms with E-state index in [1.807, 2.05) is 62.4 Å². The molecule has 0 spiro atoms. The van der Waals surface area contributed by atoms with Crippen LogP contribution in [0.3, 0.4) is 0 Å². The SMILES string of the molecule is C/C=C/C=C1\C(=C/C)OC2(c3ccccc3)Oc3ccccc3C12c1ccccc1. The summed E-state index contributed by atoms with van der Waals surface area (Å²) in [6, 6.07) is 29.2. The first-order valence-corrected chi connectivity index (χ1v) is 10.4. The van der Waals surface area contributed by atoms with Gasteiger partial charge in [-0.1, -0.05) is 97.1 Å². The molecule has 0 aromatic heterocycles. The Morgan fingerprint density at radius 2 is 1.33 bits per heavy atom. The summed E-state index contributed by atoms with van der Waals surface area (Å²) in [6.07, 6.45) is 8.32. The molecule has 1 fully saturated rings. The van der Waals surface area contributed by atoms with Crippen molar-refractivity contribution in [2.24, 2.45) is 0 Å². The molecule has 2 nitrogen and oxygen atoms in total. The Labute approximate surface area is 177 Å². The summed E-state index contributed by atoms with van der Waals surface area (Å²) in [5.41, 5.74) is 3.73. The largest absolute Gasteiger partial charge is 0.447 e. The van der Waals surface area contributed by atoms with Crippen LogP contribution in [0.15, 0.2) is 121 Å². The fourth-order valence-corrected chi connectivity index (χ4v) is 4.88. The lowest BCUT2D eigenvalue weighted by atomic mass is 9.64. The standard InChI is InChI=1S/C28H24O2/c1-3-5-18-23-25(4-2)29-28(22-16-10-7-11-17-22)27(23,21-14-8-6-9-15-21)24-19-12-13-20-26(24)30-28/h3-20H,1-2H3/b5-3+,23-18+,25-4+. The van der Waals surface area contributed by atoms with Gasteiger partial charge in [0.15, 0.2) is 0 Å². The topological polar surface area (TPSA) is 18.5 Å². The Morgan fingerprint density at radius 3 is 2.00 bits per heavy atom. The van der Waals surface area contributed by atoms with Gasteiger partial charge in [-0.2, -0.15) is 0 Å². The highest BCUT2D eigenvalue weighted by Gasteiger charge is 2.71.